The van der Waals surface area contributed by atoms with E-state index in [2.05, 4.69) is 16.3 Å². The number of nitrogens with zero attached hydrogens (tertiary/aromatic N) is 1. The highest BCUT2D eigenvalue weighted by atomic mass is 35.5. The van der Waals surface area contributed by atoms with Gasteiger partial charge >= 0.3 is 0 Å². The van der Waals surface area contributed by atoms with Gasteiger partial charge in [-0.05, 0) is 17.7 Å². The molecule has 0 unspecified atom stereocenters. The summed E-state index contributed by atoms with van der Waals surface area (Å²) >= 11 is 6.14. The van der Waals surface area contributed by atoms with E-state index >= 15 is 0 Å². The van der Waals surface area contributed by atoms with Crippen molar-refractivity contribution in [1.29, 1.82) is 0 Å². The highest BCUT2D eigenvalue weighted by Crippen LogP contribution is 2.37. The van der Waals surface area contributed by atoms with Crippen molar-refractivity contribution in [3.8, 4) is 17.0 Å². The second-order valence-corrected chi connectivity index (χ2v) is 4.16. The molecule has 82 valence electrons. The summed E-state index contributed by atoms with van der Waals surface area (Å²) in [4.78, 5) is 0. The molecule has 0 saturated heterocycles. The average Bonchev–Trinajstić information content (AvgIpc) is 2.85. The molecule has 0 amide bonds. The van der Waals surface area contributed by atoms with Crippen LogP contribution < -0.4 is 10.5 Å². The molecule has 0 spiro atoms. The number of ether oxygens (including phenoxy) is 1. The van der Waals surface area contributed by atoms with Crippen LogP contribution in [0.5, 0.6) is 5.75 Å². The number of H-pyrrole nitrogens is 1. The molecule has 1 aromatic heterocycles. The van der Waals surface area contributed by atoms with Gasteiger partial charge in [0.25, 0.3) is 0 Å². The van der Waals surface area contributed by atoms with Gasteiger partial charge in [0.2, 0.25) is 0 Å². The Kier molecular flexibility index (Phi) is 2.04. The van der Waals surface area contributed by atoms with Gasteiger partial charge in [0.05, 0.1) is 17.3 Å². The van der Waals surface area contributed by atoms with Crippen LogP contribution in [0.4, 0.5) is 5.82 Å². The van der Waals surface area contributed by atoms with Gasteiger partial charge in [-0.2, -0.15) is 5.10 Å². The van der Waals surface area contributed by atoms with Crippen LogP contribution in [0.3, 0.4) is 0 Å². The van der Waals surface area contributed by atoms with E-state index in [-0.39, 0.29) is 0 Å². The summed E-state index contributed by atoms with van der Waals surface area (Å²) in [5.41, 5.74) is 8.56. The number of hydrogen-bond acceptors (Lipinski definition) is 3. The second kappa shape index (κ2) is 3.42. The van der Waals surface area contributed by atoms with Gasteiger partial charge in [-0.1, -0.05) is 11.6 Å². The number of halogens is 1. The number of benzene rings is 1. The molecule has 4 nitrogen and oxygen atoms in total. The van der Waals surface area contributed by atoms with Crippen molar-refractivity contribution in [3.05, 3.63) is 28.8 Å². The van der Waals surface area contributed by atoms with Crippen molar-refractivity contribution in [2.75, 3.05) is 12.3 Å². The van der Waals surface area contributed by atoms with E-state index in [1.165, 1.54) is 0 Å². The van der Waals surface area contributed by atoms with E-state index in [4.69, 9.17) is 22.1 Å². The predicted octanol–water partition coefficient (Wildman–Crippen LogP) is 2.25. The molecule has 1 aromatic carbocycles. The van der Waals surface area contributed by atoms with Crippen molar-refractivity contribution in [2.45, 2.75) is 6.42 Å². The molecule has 0 radical (unpaired) electrons. The number of nitrogen functional groups attached to an aromatic ring is 1. The molecular weight excluding hydrogens is 226 g/mol. The topological polar surface area (TPSA) is 63.9 Å². The van der Waals surface area contributed by atoms with Crippen LogP contribution in [0.1, 0.15) is 5.56 Å². The number of nitrogens with one attached hydrogen (secondary N) is 1. The maximum atomic E-state index is 6.14. The Bertz CT molecular complexity index is 550. The van der Waals surface area contributed by atoms with Gasteiger partial charge in [0.15, 0.2) is 0 Å². The van der Waals surface area contributed by atoms with Crippen LogP contribution in [0.2, 0.25) is 5.02 Å². The number of hydrogen-bond donors (Lipinski definition) is 2. The van der Waals surface area contributed by atoms with Crippen LogP contribution in [0, 0.1) is 0 Å². The molecule has 0 bridgehead atoms. The van der Waals surface area contributed by atoms with Crippen LogP contribution in [-0.2, 0) is 6.42 Å². The minimum Gasteiger partial charge on any atom is -0.491 e. The van der Waals surface area contributed by atoms with E-state index in [1.807, 2.05) is 6.07 Å². The number of fused-ring (bicyclic) bond motifs is 1. The predicted molar refractivity (Wildman–Crippen MR) is 62.6 cm³/mol. The molecule has 1 aliphatic heterocycles. The van der Waals surface area contributed by atoms with Gasteiger partial charge in [0, 0.05) is 18.1 Å². The normalized spacial score (nSPS) is 13.6. The lowest BCUT2D eigenvalue weighted by Gasteiger charge is -2.04. The molecule has 3 N–H and O–H groups in total. The third kappa shape index (κ3) is 1.42. The number of nitrogens with two attached hydrogens (primary N) is 1. The molecule has 0 fully saturated rings. The molecule has 16 heavy (non-hydrogen) atoms. The monoisotopic (exact) mass is 235 g/mol. The molecule has 2 heterocycles. The maximum Gasteiger partial charge on any atom is 0.145 e. The van der Waals surface area contributed by atoms with Crippen molar-refractivity contribution in [2.24, 2.45) is 0 Å². The summed E-state index contributed by atoms with van der Waals surface area (Å²) in [7, 11) is 0. The van der Waals surface area contributed by atoms with Crippen LogP contribution in [-0.4, -0.2) is 16.8 Å². The zero-order valence-corrected chi connectivity index (χ0v) is 9.21. The third-order valence-corrected chi connectivity index (χ3v) is 2.93. The molecule has 0 atom stereocenters. The smallest absolute Gasteiger partial charge is 0.145 e. The van der Waals surface area contributed by atoms with Crippen LogP contribution >= 0.6 is 11.6 Å². The quantitative estimate of drug-likeness (QED) is 0.797. The lowest BCUT2D eigenvalue weighted by atomic mass is 10.1. The highest BCUT2D eigenvalue weighted by molar-refractivity contribution is 6.32. The number of anilines is 1. The molecule has 3 rings (SSSR count). The van der Waals surface area contributed by atoms with Gasteiger partial charge in [0.1, 0.15) is 11.6 Å². The van der Waals surface area contributed by atoms with Crippen molar-refractivity contribution >= 4 is 17.4 Å². The van der Waals surface area contributed by atoms with Crippen LogP contribution in [0.25, 0.3) is 11.3 Å². The Labute approximate surface area is 97.4 Å². The number of aromatic nitrogens is 2. The largest absolute Gasteiger partial charge is 0.491 e. The summed E-state index contributed by atoms with van der Waals surface area (Å²) in [5, 5.41) is 7.40. The Morgan fingerprint density at radius 3 is 3.00 bits per heavy atom. The van der Waals surface area contributed by atoms with Gasteiger partial charge in [-0.15, -0.1) is 0 Å². The molecule has 0 saturated carbocycles. The Hall–Kier alpha value is -1.68. The van der Waals surface area contributed by atoms with Gasteiger partial charge in [-0.3, -0.25) is 5.10 Å². The van der Waals surface area contributed by atoms with E-state index in [1.54, 1.807) is 6.07 Å². The fourth-order valence-corrected chi connectivity index (χ4v) is 2.19. The first-order valence-corrected chi connectivity index (χ1v) is 5.38. The summed E-state index contributed by atoms with van der Waals surface area (Å²) < 4.78 is 5.44. The zero-order chi connectivity index (χ0) is 11.1. The van der Waals surface area contributed by atoms with Crippen molar-refractivity contribution < 1.29 is 4.74 Å². The molecule has 1 aliphatic rings. The molecule has 2 aromatic rings. The minimum atomic E-state index is 0.475. The standard InChI is InChI=1S/C11H10ClN3O/c12-8-4-7(9-5-10(13)15-14-9)3-6-1-2-16-11(6)8/h3-5H,1-2H2,(H3,13,14,15). The maximum absolute atomic E-state index is 6.14. The lowest BCUT2D eigenvalue weighted by Crippen LogP contribution is -1.86. The third-order valence-electron chi connectivity index (χ3n) is 2.65. The Morgan fingerprint density at radius 2 is 2.25 bits per heavy atom. The van der Waals surface area contributed by atoms with E-state index < -0.39 is 0 Å². The van der Waals surface area contributed by atoms with Crippen molar-refractivity contribution in [1.82, 2.24) is 10.2 Å². The van der Waals surface area contributed by atoms with E-state index in [9.17, 15) is 0 Å². The summed E-state index contributed by atoms with van der Waals surface area (Å²) in [5.74, 6) is 1.28. The van der Waals surface area contributed by atoms with Gasteiger partial charge < -0.3 is 10.5 Å². The molecule has 0 aliphatic carbocycles. The summed E-state index contributed by atoms with van der Waals surface area (Å²) in [6, 6.07) is 5.70. The van der Waals surface area contributed by atoms with Crippen LogP contribution in [0.15, 0.2) is 18.2 Å². The number of aromatic amines is 1. The van der Waals surface area contributed by atoms with E-state index in [0.29, 0.717) is 17.4 Å². The van der Waals surface area contributed by atoms with Gasteiger partial charge in [-0.25, -0.2) is 0 Å². The number of rotatable bonds is 1. The average molecular weight is 236 g/mol. The Balaban J connectivity index is 2.12. The summed E-state index contributed by atoms with van der Waals surface area (Å²) in [6.07, 6.45) is 0.895. The SMILES string of the molecule is Nc1cc(-c2cc(Cl)c3c(c2)CCO3)[nH]n1. The first kappa shape index (κ1) is 9.54. The first-order valence-electron chi connectivity index (χ1n) is 5.00. The summed E-state index contributed by atoms with van der Waals surface area (Å²) in [6.45, 7) is 0.698. The highest BCUT2D eigenvalue weighted by Gasteiger charge is 2.17. The zero-order valence-electron chi connectivity index (χ0n) is 8.46. The fraction of sp³-hybridized carbons (Fsp3) is 0.182. The fourth-order valence-electron chi connectivity index (χ4n) is 1.90. The lowest BCUT2D eigenvalue weighted by molar-refractivity contribution is 0.357. The minimum absolute atomic E-state index is 0.475. The molecule has 5 heteroatoms. The first-order chi connectivity index (χ1) is 7.74. The van der Waals surface area contributed by atoms with E-state index in [0.717, 1.165) is 29.0 Å². The Morgan fingerprint density at radius 1 is 1.38 bits per heavy atom. The second-order valence-electron chi connectivity index (χ2n) is 3.75. The van der Waals surface area contributed by atoms with Crippen molar-refractivity contribution in [3.63, 3.8) is 0 Å². The molecular formula is C11H10ClN3O.